The summed E-state index contributed by atoms with van der Waals surface area (Å²) < 4.78 is 28.2. The highest BCUT2D eigenvalue weighted by molar-refractivity contribution is 7.90. The summed E-state index contributed by atoms with van der Waals surface area (Å²) in [6.45, 7) is 6.48. The van der Waals surface area contributed by atoms with Crippen LogP contribution in [0.2, 0.25) is 0 Å². The maximum absolute atomic E-state index is 12.2. The molecular weight excluding hydrogens is 250 g/mol. The molecule has 0 unspecified atom stereocenters. The monoisotopic (exact) mass is 271 g/mol. The van der Waals surface area contributed by atoms with Crippen molar-refractivity contribution in [3.05, 3.63) is 24.3 Å². The summed E-state index contributed by atoms with van der Waals surface area (Å²) in [7, 11) is -3.51. The summed E-state index contributed by atoms with van der Waals surface area (Å²) >= 11 is 0. The van der Waals surface area contributed by atoms with Gasteiger partial charge in [-0.3, -0.25) is 4.31 Å². The van der Waals surface area contributed by atoms with Crippen molar-refractivity contribution in [3.8, 4) is 0 Å². The van der Waals surface area contributed by atoms with Crippen molar-refractivity contribution in [1.82, 2.24) is 4.72 Å². The molecule has 1 aromatic carbocycles. The van der Waals surface area contributed by atoms with Crippen molar-refractivity contribution in [1.29, 1.82) is 0 Å². The molecule has 0 atom stereocenters. The fourth-order valence-corrected chi connectivity index (χ4v) is 2.95. The van der Waals surface area contributed by atoms with E-state index in [1.807, 2.05) is 13.8 Å². The van der Waals surface area contributed by atoms with Crippen LogP contribution in [0.3, 0.4) is 0 Å². The molecule has 6 heteroatoms. The van der Waals surface area contributed by atoms with E-state index in [1.165, 1.54) is 4.31 Å². The van der Waals surface area contributed by atoms with Crippen LogP contribution in [0.1, 0.15) is 20.8 Å². The molecule has 0 aliphatic carbocycles. The molecule has 0 saturated carbocycles. The van der Waals surface area contributed by atoms with E-state index < -0.39 is 10.2 Å². The van der Waals surface area contributed by atoms with Crippen molar-refractivity contribution < 1.29 is 8.42 Å². The van der Waals surface area contributed by atoms with Gasteiger partial charge in [-0.1, -0.05) is 19.9 Å². The number of rotatable bonds is 6. The summed E-state index contributed by atoms with van der Waals surface area (Å²) in [6.07, 6.45) is 0. The van der Waals surface area contributed by atoms with Crippen LogP contribution in [-0.4, -0.2) is 21.5 Å². The number of nitrogen functional groups attached to an aromatic ring is 1. The first-order valence-electron chi connectivity index (χ1n) is 5.99. The fraction of sp³-hybridized carbons (Fsp3) is 0.500. The fourth-order valence-electron chi connectivity index (χ4n) is 1.52. The third-order valence-corrected chi connectivity index (χ3v) is 3.99. The van der Waals surface area contributed by atoms with Gasteiger partial charge in [0.25, 0.3) is 0 Å². The molecule has 0 aliphatic heterocycles. The third kappa shape index (κ3) is 3.89. The molecule has 0 aromatic heterocycles. The van der Waals surface area contributed by atoms with E-state index in [0.717, 1.165) is 0 Å². The van der Waals surface area contributed by atoms with Gasteiger partial charge in [-0.2, -0.15) is 13.1 Å². The largest absolute Gasteiger partial charge is 0.399 e. The lowest BCUT2D eigenvalue weighted by atomic mass is 10.2. The topological polar surface area (TPSA) is 75.4 Å². The third-order valence-electron chi connectivity index (χ3n) is 2.41. The Morgan fingerprint density at radius 1 is 1.39 bits per heavy atom. The van der Waals surface area contributed by atoms with Gasteiger partial charge < -0.3 is 5.73 Å². The van der Waals surface area contributed by atoms with Gasteiger partial charge in [0.05, 0.1) is 5.69 Å². The number of hydrogen-bond acceptors (Lipinski definition) is 3. The molecule has 102 valence electrons. The average Bonchev–Trinajstić information content (AvgIpc) is 2.27. The number of hydrogen-bond donors (Lipinski definition) is 2. The predicted molar refractivity (Wildman–Crippen MR) is 75.6 cm³/mol. The Hall–Kier alpha value is -1.27. The van der Waals surface area contributed by atoms with Crippen LogP contribution in [0.5, 0.6) is 0 Å². The van der Waals surface area contributed by atoms with E-state index in [2.05, 4.69) is 4.72 Å². The van der Waals surface area contributed by atoms with E-state index >= 15 is 0 Å². The highest BCUT2D eigenvalue weighted by Gasteiger charge is 2.20. The molecule has 0 fully saturated rings. The summed E-state index contributed by atoms with van der Waals surface area (Å²) in [5.74, 6) is 0.263. The van der Waals surface area contributed by atoms with Crippen molar-refractivity contribution in [2.24, 2.45) is 5.92 Å². The molecule has 0 bridgehead atoms. The van der Waals surface area contributed by atoms with Crippen LogP contribution in [0, 0.1) is 5.92 Å². The second-order valence-electron chi connectivity index (χ2n) is 4.51. The van der Waals surface area contributed by atoms with Crippen LogP contribution < -0.4 is 14.8 Å². The molecular formula is C12H21N3O2S. The standard InChI is InChI=1S/C12H21N3O2S/c1-4-15(12-7-5-6-11(13)8-12)18(16,17)14-9-10(2)3/h5-8,10,14H,4,9,13H2,1-3H3. The number of nitrogens with two attached hydrogens (primary N) is 1. The van der Waals surface area contributed by atoms with Gasteiger partial charge in [-0.15, -0.1) is 0 Å². The molecule has 0 saturated heterocycles. The zero-order chi connectivity index (χ0) is 13.8. The zero-order valence-corrected chi connectivity index (χ0v) is 11.9. The number of anilines is 2. The molecule has 0 radical (unpaired) electrons. The second-order valence-corrected chi connectivity index (χ2v) is 6.19. The Morgan fingerprint density at radius 2 is 2.06 bits per heavy atom. The van der Waals surface area contributed by atoms with Crippen molar-refractivity contribution in [2.75, 3.05) is 23.1 Å². The van der Waals surface area contributed by atoms with Crippen LogP contribution in [0.25, 0.3) is 0 Å². The maximum atomic E-state index is 12.2. The van der Waals surface area contributed by atoms with Crippen LogP contribution in [-0.2, 0) is 10.2 Å². The molecule has 0 spiro atoms. The van der Waals surface area contributed by atoms with Crippen LogP contribution >= 0.6 is 0 Å². The normalized spacial score (nSPS) is 11.8. The van der Waals surface area contributed by atoms with Gasteiger partial charge in [-0.25, -0.2) is 0 Å². The van der Waals surface area contributed by atoms with E-state index in [4.69, 9.17) is 5.73 Å². The van der Waals surface area contributed by atoms with Crippen LogP contribution in [0.15, 0.2) is 24.3 Å². The Kier molecular flexibility index (Phi) is 4.98. The predicted octanol–water partition coefficient (Wildman–Crippen LogP) is 1.59. The highest BCUT2D eigenvalue weighted by Crippen LogP contribution is 2.19. The van der Waals surface area contributed by atoms with E-state index in [0.29, 0.717) is 24.5 Å². The van der Waals surface area contributed by atoms with Gasteiger partial charge in [0.2, 0.25) is 0 Å². The minimum absolute atomic E-state index is 0.263. The minimum atomic E-state index is -3.51. The summed E-state index contributed by atoms with van der Waals surface area (Å²) in [6, 6.07) is 6.85. The first-order chi connectivity index (χ1) is 8.36. The Morgan fingerprint density at radius 3 is 2.56 bits per heavy atom. The van der Waals surface area contributed by atoms with Gasteiger partial charge in [-0.05, 0) is 31.0 Å². The lowest BCUT2D eigenvalue weighted by molar-refractivity contribution is 0.556. The molecule has 1 rings (SSSR count). The second kappa shape index (κ2) is 6.06. The zero-order valence-electron chi connectivity index (χ0n) is 11.1. The Balaban J connectivity index is 2.95. The first-order valence-corrected chi connectivity index (χ1v) is 7.43. The Bertz CT molecular complexity index is 486. The number of nitrogens with one attached hydrogen (secondary N) is 1. The van der Waals surface area contributed by atoms with Crippen molar-refractivity contribution >= 4 is 21.6 Å². The van der Waals surface area contributed by atoms with E-state index in [-0.39, 0.29) is 5.92 Å². The van der Waals surface area contributed by atoms with Gasteiger partial charge >= 0.3 is 10.2 Å². The van der Waals surface area contributed by atoms with Crippen molar-refractivity contribution in [3.63, 3.8) is 0 Å². The first kappa shape index (κ1) is 14.8. The quantitative estimate of drug-likeness (QED) is 0.771. The molecule has 0 aliphatic rings. The minimum Gasteiger partial charge on any atom is -0.399 e. The Labute approximate surface area is 109 Å². The van der Waals surface area contributed by atoms with Gasteiger partial charge in [0.1, 0.15) is 0 Å². The lowest BCUT2D eigenvalue weighted by Gasteiger charge is -2.23. The van der Waals surface area contributed by atoms with Gasteiger partial charge in [0.15, 0.2) is 0 Å². The van der Waals surface area contributed by atoms with Crippen molar-refractivity contribution in [2.45, 2.75) is 20.8 Å². The molecule has 0 amide bonds. The molecule has 3 N–H and O–H groups in total. The number of benzene rings is 1. The SMILES string of the molecule is CCN(c1cccc(N)c1)S(=O)(=O)NCC(C)C. The average molecular weight is 271 g/mol. The molecule has 5 nitrogen and oxygen atoms in total. The maximum Gasteiger partial charge on any atom is 0.301 e. The summed E-state index contributed by atoms with van der Waals surface area (Å²) in [5.41, 5.74) is 6.80. The lowest BCUT2D eigenvalue weighted by Crippen LogP contribution is -2.42. The van der Waals surface area contributed by atoms with E-state index in [9.17, 15) is 8.42 Å². The molecule has 1 aromatic rings. The smallest absolute Gasteiger partial charge is 0.301 e. The van der Waals surface area contributed by atoms with Gasteiger partial charge in [0, 0.05) is 18.8 Å². The summed E-state index contributed by atoms with van der Waals surface area (Å²) in [5, 5.41) is 0. The highest BCUT2D eigenvalue weighted by atomic mass is 32.2. The van der Waals surface area contributed by atoms with E-state index in [1.54, 1.807) is 31.2 Å². The molecule has 0 heterocycles. The number of nitrogens with zero attached hydrogens (tertiary/aromatic N) is 1. The molecule has 18 heavy (non-hydrogen) atoms. The summed E-state index contributed by atoms with van der Waals surface area (Å²) in [4.78, 5) is 0. The van der Waals surface area contributed by atoms with Crippen LogP contribution in [0.4, 0.5) is 11.4 Å².